The van der Waals surface area contributed by atoms with Crippen molar-refractivity contribution in [3.63, 3.8) is 0 Å². The highest BCUT2D eigenvalue weighted by atomic mass is 16.5. The monoisotopic (exact) mass is 268 g/mol. The summed E-state index contributed by atoms with van der Waals surface area (Å²) in [4.78, 5) is 17.3. The summed E-state index contributed by atoms with van der Waals surface area (Å²) in [5, 5.41) is 19.7. The van der Waals surface area contributed by atoms with Gasteiger partial charge in [-0.25, -0.2) is 4.98 Å². The first-order chi connectivity index (χ1) is 9.65. The summed E-state index contributed by atoms with van der Waals surface area (Å²) in [6.45, 7) is 1.40. The van der Waals surface area contributed by atoms with Gasteiger partial charge < -0.3 is 10.7 Å². The van der Waals surface area contributed by atoms with Crippen LogP contribution in [0.25, 0.3) is 0 Å². The van der Waals surface area contributed by atoms with Crippen molar-refractivity contribution >= 4 is 23.1 Å². The summed E-state index contributed by atoms with van der Waals surface area (Å²) >= 11 is 0. The lowest BCUT2D eigenvalue weighted by Crippen LogP contribution is -2.70. The van der Waals surface area contributed by atoms with Gasteiger partial charge in [0.1, 0.15) is 11.5 Å². The van der Waals surface area contributed by atoms with Crippen LogP contribution in [0, 0.1) is 16.5 Å². The number of nitrogens with two attached hydrogens (primary N) is 1. The van der Waals surface area contributed by atoms with Gasteiger partial charge in [0, 0.05) is 25.3 Å². The average Bonchev–Trinajstić information content (AvgIpc) is 2.47. The van der Waals surface area contributed by atoms with E-state index in [-0.39, 0.29) is 5.91 Å². The number of aromatic nitrogens is 1. The fourth-order valence-electron chi connectivity index (χ4n) is 1.82. The summed E-state index contributed by atoms with van der Waals surface area (Å²) in [5.74, 6) is 0.0906. The SMILES string of the molecule is CC(=O)N(c1cccc(C#N)c1)c1cc([NH2+][O-])ccn1. The summed E-state index contributed by atoms with van der Waals surface area (Å²) < 4.78 is 0. The zero-order chi connectivity index (χ0) is 14.5. The Morgan fingerprint density at radius 3 is 2.85 bits per heavy atom. The van der Waals surface area contributed by atoms with Crippen molar-refractivity contribution in [2.45, 2.75) is 6.92 Å². The highest BCUT2D eigenvalue weighted by molar-refractivity contribution is 5.98. The number of pyridine rings is 1. The normalized spacial score (nSPS) is 9.85. The van der Waals surface area contributed by atoms with Crippen LogP contribution in [0.4, 0.5) is 17.2 Å². The molecule has 20 heavy (non-hydrogen) atoms. The van der Waals surface area contributed by atoms with E-state index >= 15 is 0 Å². The Labute approximate surface area is 115 Å². The van der Waals surface area contributed by atoms with E-state index in [0.717, 1.165) is 0 Å². The van der Waals surface area contributed by atoms with Crippen LogP contribution in [0.5, 0.6) is 0 Å². The lowest BCUT2D eigenvalue weighted by molar-refractivity contribution is -0.497. The van der Waals surface area contributed by atoms with Crippen molar-refractivity contribution in [3.8, 4) is 6.07 Å². The van der Waals surface area contributed by atoms with Crippen LogP contribution in [-0.2, 0) is 4.79 Å². The predicted octanol–water partition coefficient (Wildman–Crippen LogP) is 1.33. The molecule has 2 rings (SSSR count). The lowest BCUT2D eigenvalue weighted by atomic mass is 10.2. The van der Waals surface area contributed by atoms with Crippen LogP contribution < -0.4 is 10.4 Å². The Kier molecular flexibility index (Phi) is 4.05. The van der Waals surface area contributed by atoms with Gasteiger partial charge >= 0.3 is 0 Å². The molecule has 2 aromatic rings. The number of quaternary nitrogens is 1. The number of hydrogen-bond acceptors (Lipinski definition) is 4. The van der Waals surface area contributed by atoms with Gasteiger partial charge in [0.2, 0.25) is 5.91 Å². The molecule has 0 unspecified atom stereocenters. The zero-order valence-corrected chi connectivity index (χ0v) is 10.8. The van der Waals surface area contributed by atoms with Crippen LogP contribution in [0.15, 0.2) is 42.6 Å². The number of carbonyl (C=O) groups is 1. The van der Waals surface area contributed by atoms with Crippen LogP contribution in [-0.4, -0.2) is 10.9 Å². The van der Waals surface area contributed by atoms with E-state index in [1.165, 1.54) is 24.1 Å². The van der Waals surface area contributed by atoms with E-state index in [2.05, 4.69) is 4.98 Å². The van der Waals surface area contributed by atoms with Gasteiger partial charge in [-0.3, -0.25) is 9.69 Å². The molecule has 0 fully saturated rings. The summed E-state index contributed by atoms with van der Waals surface area (Å²) in [6.07, 6.45) is 1.46. The number of nitriles is 1. The first kappa shape index (κ1) is 13.7. The molecule has 1 amide bonds. The number of hydrogen-bond donors (Lipinski definition) is 1. The van der Waals surface area contributed by atoms with Crippen LogP contribution in [0.2, 0.25) is 0 Å². The smallest absolute Gasteiger partial charge is 0.229 e. The molecule has 1 aromatic heterocycles. The number of benzene rings is 1. The number of carbonyl (C=O) groups excluding carboxylic acids is 1. The molecule has 0 bridgehead atoms. The molecule has 0 aliphatic heterocycles. The minimum absolute atomic E-state index is 0.254. The minimum atomic E-state index is -0.254. The molecule has 2 N–H and O–H groups in total. The van der Waals surface area contributed by atoms with E-state index in [9.17, 15) is 10.0 Å². The topological polar surface area (TPSA) is 96.7 Å². The molecular weight excluding hydrogens is 256 g/mol. The first-order valence-electron chi connectivity index (χ1n) is 5.88. The number of rotatable bonds is 3. The fourth-order valence-corrected chi connectivity index (χ4v) is 1.82. The maximum atomic E-state index is 11.9. The van der Waals surface area contributed by atoms with Gasteiger partial charge in [0.15, 0.2) is 0 Å². The summed E-state index contributed by atoms with van der Waals surface area (Å²) in [6, 6.07) is 11.7. The maximum Gasteiger partial charge on any atom is 0.229 e. The van der Waals surface area contributed by atoms with E-state index in [1.54, 1.807) is 30.3 Å². The molecule has 0 aliphatic carbocycles. The molecular formula is C14H12N4O2. The molecule has 0 atom stereocenters. The quantitative estimate of drug-likeness (QED) is 0.849. The Bertz CT molecular complexity index is 679. The standard InChI is InChI=1S/C14H12N4O2/c1-10(19)18(13-4-2-3-11(7-13)9-15)14-8-12(17-20)5-6-16-14/h2-8H,17H2,1H3. The Balaban J connectivity index is 2.50. The van der Waals surface area contributed by atoms with Crippen LogP contribution >= 0.6 is 0 Å². The highest BCUT2D eigenvalue weighted by Gasteiger charge is 2.16. The van der Waals surface area contributed by atoms with Gasteiger partial charge in [-0.05, 0) is 18.2 Å². The molecule has 0 saturated carbocycles. The van der Waals surface area contributed by atoms with Gasteiger partial charge in [-0.15, -0.1) is 0 Å². The highest BCUT2D eigenvalue weighted by Crippen LogP contribution is 2.25. The van der Waals surface area contributed by atoms with Gasteiger partial charge in [-0.1, -0.05) is 6.07 Å². The minimum Gasteiger partial charge on any atom is -0.630 e. The zero-order valence-electron chi connectivity index (χ0n) is 10.8. The van der Waals surface area contributed by atoms with Crippen molar-refractivity contribution in [2.24, 2.45) is 0 Å². The van der Waals surface area contributed by atoms with E-state index < -0.39 is 0 Å². The van der Waals surface area contributed by atoms with E-state index in [4.69, 9.17) is 5.26 Å². The largest absolute Gasteiger partial charge is 0.630 e. The molecule has 0 radical (unpaired) electrons. The van der Waals surface area contributed by atoms with Crippen molar-refractivity contribution in [3.05, 3.63) is 53.4 Å². The predicted molar refractivity (Wildman–Crippen MR) is 73.2 cm³/mol. The molecule has 1 heterocycles. The van der Waals surface area contributed by atoms with Crippen molar-refractivity contribution < 1.29 is 10.3 Å². The molecule has 6 nitrogen and oxygen atoms in total. The Morgan fingerprint density at radius 1 is 1.40 bits per heavy atom. The second-order valence-electron chi connectivity index (χ2n) is 4.08. The first-order valence-corrected chi connectivity index (χ1v) is 5.88. The Hall–Kier alpha value is -2.75. The van der Waals surface area contributed by atoms with Crippen molar-refractivity contribution in [1.29, 1.82) is 5.26 Å². The van der Waals surface area contributed by atoms with Crippen LogP contribution in [0.3, 0.4) is 0 Å². The molecule has 0 saturated heterocycles. The lowest BCUT2D eigenvalue weighted by Gasteiger charge is -2.20. The summed E-state index contributed by atoms with van der Waals surface area (Å²) in [5.41, 5.74) is 2.10. The third kappa shape index (κ3) is 2.80. The maximum absolute atomic E-state index is 11.9. The molecule has 0 aliphatic rings. The van der Waals surface area contributed by atoms with E-state index in [0.29, 0.717) is 28.2 Å². The molecule has 1 aromatic carbocycles. The second-order valence-corrected chi connectivity index (χ2v) is 4.08. The molecule has 0 spiro atoms. The molecule has 100 valence electrons. The van der Waals surface area contributed by atoms with Crippen LogP contribution in [0.1, 0.15) is 12.5 Å². The molecule has 6 heteroatoms. The number of nitrogens with zero attached hydrogens (tertiary/aromatic N) is 3. The number of anilines is 2. The average molecular weight is 268 g/mol. The van der Waals surface area contributed by atoms with Gasteiger partial charge in [0.25, 0.3) is 0 Å². The number of amides is 1. The third-order valence-electron chi connectivity index (χ3n) is 2.68. The Morgan fingerprint density at radius 2 is 2.20 bits per heavy atom. The van der Waals surface area contributed by atoms with E-state index in [1.807, 2.05) is 6.07 Å². The van der Waals surface area contributed by atoms with Crippen molar-refractivity contribution in [1.82, 2.24) is 4.98 Å². The van der Waals surface area contributed by atoms with Gasteiger partial charge in [0.05, 0.1) is 17.3 Å². The second kappa shape index (κ2) is 5.93. The van der Waals surface area contributed by atoms with Crippen molar-refractivity contribution in [2.75, 3.05) is 4.90 Å². The van der Waals surface area contributed by atoms with Gasteiger partial charge in [-0.2, -0.15) is 5.26 Å². The summed E-state index contributed by atoms with van der Waals surface area (Å²) in [7, 11) is 0. The fraction of sp³-hybridized carbons (Fsp3) is 0.0714. The third-order valence-corrected chi connectivity index (χ3v) is 2.68.